The van der Waals surface area contributed by atoms with Crippen molar-refractivity contribution in [3.05, 3.63) is 0 Å². The predicted molar refractivity (Wildman–Crippen MR) is 74.5 cm³/mol. The van der Waals surface area contributed by atoms with Gasteiger partial charge in [-0.2, -0.15) is 0 Å². The number of hydrogen-bond donors (Lipinski definition) is 1. The molecular formula is C16H29NO. The molecule has 0 aromatic heterocycles. The Bertz CT molecular complexity index is 293. The van der Waals surface area contributed by atoms with Gasteiger partial charge in [0, 0.05) is 12.6 Å². The highest BCUT2D eigenvalue weighted by atomic mass is 16.3. The summed E-state index contributed by atoms with van der Waals surface area (Å²) in [6.45, 7) is 4.70. The molecule has 3 fully saturated rings. The molecule has 4 atom stereocenters. The Morgan fingerprint density at radius 1 is 1.11 bits per heavy atom. The highest BCUT2D eigenvalue weighted by Gasteiger charge is 2.51. The van der Waals surface area contributed by atoms with E-state index in [0.29, 0.717) is 12.0 Å². The molecule has 0 amide bonds. The van der Waals surface area contributed by atoms with Gasteiger partial charge in [0.15, 0.2) is 0 Å². The molecule has 2 nitrogen and oxygen atoms in total. The summed E-state index contributed by atoms with van der Waals surface area (Å²) in [7, 11) is 0. The molecule has 0 radical (unpaired) electrons. The van der Waals surface area contributed by atoms with Crippen molar-refractivity contribution in [2.75, 3.05) is 13.1 Å². The van der Waals surface area contributed by atoms with Crippen molar-refractivity contribution >= 4 is 0 Å². The predicted octanol–water partition coefficient (Wildman–Crippen LogP) is 3.19. The fourth-order valence-corrected chi connectivity index (χ4v) is 4.91. The van der Waals surface area contributed by atoms with Gasteiger partial charge in [-0.15, -0.1) is 0 Å². The number of piperidine rings is 1. The zero-order valence-corrected chi connectivity index (χ0v) is 11.9. The Labute approximate surface area is 112 Å². The zero-order valence-electron chi connectivity index (χ0n) is 11.9. The van der Waals surface area contributed by atoms with Gasteiger partial charge in [0.1, 0.15) is 0 Å². The van der Waals surface area contributed by atoms with Crippen LogP contribution in [0, 0.1) is 11.8 Å². The van der Waals surface area contributed by atoms with Gasteiger partial charge in [0.2, 0.25) is 0 Å². The van der Waals surface area contributed by atoms with Crippen molar-refractivity contribution in [1.29, 1.82) is 0 Å². The third-order valence-electron chi connectivity index (χ3n) is 6.06. The van der Waals surface area contributed by atoms with Gasteiger partial charge in [-0.3, -0.25) is 4.90 Å². The van der Waals surface area contributed by atoms with Gasteiger partial charge in [-0.1, -0.05) is 32.6 Å². The van der Waals surface area contributed by atoms with E-state index < -0.39 is 0 Å². The number of rotatable bonds is 2. The van der Waals surface area contributed by atoms with Crippen LogP contribution < -0.4 is 0 Å². The maximum Gasteiger partial charge on any atom is 0.0842 e. The lowest BCUT2D eigenvalue weighted by molar-refractivity contribution is -0.0737. The number of nitrogens with zero attached hydrogens (tertiary/aromatic N) is 1. The molecule has 0 bridgehead atoms. The molecule has 0 aromatic carbocycles. The van der Waals surface area contributed by atoms with E-state index in [9.17, 15) is 5.11 Å². The van der Waals surface area contributed by atoms with Crippen molar-refractivity contribution in [2.24, 2.45) is 11.8 Å². The second-order valence-corrected chi connectivity index (χ2v) is 6.93. The molecule has 1 saturated carbocycles. The molecule has 18 heavy (non-hydrogen) atoms. The molecule has 0 aromatic rings. The molecule has 4 unspecified atom stereocenters. The first-order chi connectivity index (χ1) is 8.74. The standard InChI is InChI=1S/C16H29NO/c1-2-13-6-5-7-14(12-13)16(18)9-11-17-10-4-3-8-15(16)17/h13-15,18H,2-12H2,1H3. The van der Waals surface area contributed by atoms with E-state index in [2.05, 4.69) is 11.8 Å². The van der Waals surface area contributed by atoms with Crippen LogP contribution in [0.5, 0.6) is 0 Å². The molecule has 3 rings (SSSR count). The van der Waals surface area contributed by atoms with Crippen molar-refractivity contribution in [2.45, 2.75) is 76.4 Å². The minimum atomic E-state index is -0.339. The van der Waals surface area contributed by atoms with Crippen LogP contribution >= 0.6 is 0 Å². The first-order valence-electron chi connectivity index (χ1n) is 8.20. The smallest absolute Gasteiger partial charge is 0.0842 e. The molecule has 3 aliphatic rings. The molecular weight excluding hydrogens is 222 g/mol. The van der Waals surface area contributed by atoms with Crippen LogP contribution in [0.2, 0.25) is 0 Å². The molecule has 104 valence electrons. The molecule has 1 N–H and O–H groups in total. The van der Waals surface area contributed by atoms with Crippen LogP contribution in [0.25, 0.3) is 0 Å². The Hall–Kier alpha value is -0.0800. The number of fused-ring (bicyclic) bond motifs is 1. The van der Waals surface area contributed by atoms with Crippen molar-refractivity contribution in [1.82, 2.24) is 4.90 Å². The Balaban J connectivity index is 1.73. The van der Waals surface area contributed by atoms with E-state index >= 15 is 0 Å². The lowest BCUT2D eigenvalue weighted by atomic mass is 9.68. The summed E-state index contributed by atoms with van der Waals surface area (Å²) in [5.74, 6) is 1.47. The minimum absolute atomic E-state index is 0.339. The average Bonchev–Trinajstić information content (AvgIpc) is 2.79. The Morgan fingerprint density at radius 3 is 2.83 bits per heavy atom. The summed E-state index contributed by atoms with van der Waals surface area (Å²) in [6.07, 6.45) is 11.6. The molecule has 0 spiro atoms. The van der Waals surface area contributed by atoms with E-state index in [1.165, 1.54) is 57.9 Å². The van der Waals surface area contributed by atoms with E-state index in [0.717, 1.165) is 18.9 Å². The monoisotopic (exact) mass is 251 g/mol. The molecule has 2 heteroatoms. The van der Waals surface area contributed by atoms with Gasteiger partial charge >= 0.3 is 0 Å². The second kappa shape index (κ2) is 5.13. The fraction of sp³-hybridized carbons (Fsp3) is 1.00. The van der Waals surface area contributed by atoms with Gasteiger partial charge in [0.05, 0.1) is 5.60 Å². The quantitative estimate of drug-likeness (QED) is 0.814. The largest absolute Gasteiger partial charge is 0.388 e. The SMILES string of the molecule is CCC1CCCC(C2(O)CCN3CCCCC32)C1. The third kappa shape index (κ3) is 2.12. The average molecular weight is 251 g/mol. The van der Waals surface area contributed by atoms with Crippen LogP contribution in [0.4, 0.5) is 0 Å². The normalized spacial score (nSPS) is 46.0. The zero-order chi connectivity index (χ0) is 12.6. The van der Waals surface area contributed by atoms with Crippen molar-refractivity contribution in [3.63, 3.8) is 0 Å². The first kappa shape index (κ1) is 12.9. The third-order valence-corrected chi connectivity index (χ3v) is 6.06. The minimum Gasteiger partial charge on any atom is -0.388 e. The maximum atomic E-state index is 11.3. The van der Waals surface area contributed by atoms with Gasteiger partial charge < -0.3 is 5.11 Å². The van der Waals surface area contributed by atoms with Crippen LogP contribution in [0.1, 0.15) is 64.7 Å². The Kier molecular flexibility index (Phi) is 3.68. The lowest BCUT2D eigenvalue weighted by Gasteiger charge is -2.44. The summed E-state index contributed by atoms with van der Waals surface area (Å²) in [6, 6.07) is 0.492. The first-order valence-corrected chi connectivity index (χ1v) is 8.20. The van der Waals surface area contributed by atoms with Crippen molar-refractivity contribution < 1.29 is 5.11 Å². The summed E-state index contributed by atoms with van der Waals surface area (Å²) in [4.78, 5) is 2.58. The molecule has 2 saturated heterocycles. The summed E-state index contributed by atoms with van der Waals surface area (Å²) in [5, 5.41) is 11.3. The van der Waals surface area contributed by atoms with Gasteiger partial charge in [-0.05, 0) is 50.5 Å². The number of hydrogen-bond acceptors (Lipinski definition) is 2. The maximum absolute atomic E-state index is 11.3. The topological polar surface area (TPSA) is 23.5 Å². The van der Waals surface area contributed by atoms with E-state index in [1.807, 2.05) is 0 Å². The van der Waals surface area contributed by atoms with Gasteiger partial charge in [0.25, 0.3) is 0 Å². The fourth-order valence-electron chi connectivity index (χ4n) is 4.91. The lowest BCUT2D eigenvalue weighted by Crippen LogP contribution is -2.52. The van der Waals surface area contributed by atoms with E-state index in [-0.39, 0.29) is 5.60 Å². The van der Waals surface area contributed by atoms with Gasteiger partial charge in [-0.25, -0.2) is 0 Å². The summed E-state index contributed by atoms with van der Waals surface area (Å²) >= 11 is 0. The summed E-state index contributed by atoms with van der Waals surface area (Å²) < 4.78 is 0. The molecule has 2 heterocycles. The van der Waals surface area contributed by atoms with E-state index in [1.54, 1.807) is 0 Å². The van der Waals surface area contributed by atoms with Crippen LogP contribution in [-0.4, -0.2) is 34.7 Å². The van der Waals surface area contributed by atoms with Crippen molar-refractivity contribution in [3.8, 4) is 0 Å². The number of aliphatic hydroxyl groups is 1. The summed E-state index contributed by atoms with van der Waals surface area (Å²) in [5.41, 5.74) is -0.339. The highest BCUT2D eigenvalue weighted by Crippen LogP contribution is 2.46. The van der Waals surface area contributed by atoms with Crippen LogP contribution in [-0.2, 0) is 0 Å². The van der Waals surface area contributed by atoms with E-state index in [4.69, 9.17) is 0 Å². The highest BCUT2D eigenvalue weighted by molar-refractivity contribution is 5.05. The molecule has 2 aliphatic heterocycles. The Morgan fingerprint density at radius 2 is 2.00 bits per heavy atom. The van der Waals surface area contributed by atoms with Crippen LogP contribution in [0.15, 0.2) is 0 Å². The second-order valence-electron chi connectivity index (χ2n) is 6.93. The van der Waals surface area contributed by atoms with Crippen LogP contribution in [0.3, 0.4) is 0 Å². The molecule has 1 aliphatic carbocycles.